The highest BCUT2D eigenvalue weighted by atomic mass is 35.5. The Labute approximate surface area is 221 Å². The van der Waals surface area contributed by atoms with Gasteiger partial charge in [0, 0.05) is 47.4 Å². The molecule has 4 rings (SSSR count). The van der Waals surface area contributed by atoms with Crippen LogP contribution in [0, 0.1) is 0 Å². The lowest BCUT2D eigenvalue weighted by Crippen LogP contribution is -2.35. The topological polar surface area (TPSA) is 81.0 Å². The van der Waals surface area contributed by atoms with E-state index >= 15 is 0 Å². The van der Waals surface area contributed by atoms with Crippen molar-refractivity contribution in [2.75, 3.05) is 18.4 Å². The Morgan fingerprint density at radius 3 is 2.53 bits per heavy atom. The van der Waals surface area contributed by atoms with Crippen molar-refractivity contribution in [1.29, 1.82) is 0 Å². The maximum Gasteiger partial charge on any atom is 0.315 e. The molecule has 1 heterocycles. The number of fused-ring (bicyclic) bond motifs is 1. The highest BCUT2D eigenvalue weighted by Gasteiger charge is 2.08. The van der Waals surface area contributed by atoms with Crippen LogP contribution >= 0.6 is 23.8 Å². The number of carbonyl (C=O) groups excluding carboxylic acids is 1. The van der Waals surface area contributed by atoms with E-state index < -0.39 is 0 Å². The monoisotopic (exact) mass is 519 g/mol. The van der Waals surface area contributed by atoms with Crippen LogP contribution in [0.25, 0.3) is 10.9 Å². The lowest BCUT2D eigenvalue weighted by molar-refractivity contribution is 0.240. The third-order valence-corrected chi connectivity index (χ3v) is 6.36. The van der Waals surface area contributed by atoms with Crippen LogP contribution in [0.2, 0.25) is 5.02 Å². The predicted molar refractivity (Wildman–Crippen MR) is 153 cm³/mol. The number of benzene rings is 3. The SMILES string of the molecule is O=C(NCCCc1cc(Cl)ccc1NC(=S)NCCc1c[nH]c2ccccc12)NCc1ccccc1. The Kier molecular flexibility index (Phi) is 9.19. The Morgan fingerprint density at radius 1 is 0.861 bits per heavy atom. The summed E-state index contributed by atoms with van der Waals surface area (Å²) in [6.45, 7) is 1.78. The third kappa shape index (κ3) is 7.47. The average Bonchev–Trinajstić information content (AvgIpc) is 3.30. The van der Waals surface area contributed by atoms with Crippen LogP contribution in [0.5, 0.6) is 0 Å². The average molecular weight is 520 g/mol. The first-order chi connectivity index (χ1) is 17.6. The van der Waals surface area contributed by atoms with Gasteiger partial charge in [0.25, 0.3) is 0 Å². The molecule has 5 N–H and O–H groups in total. The van der Waals surface area contributed by atoms with Crippen molar-refractivity contribution in [3.05, 3.63) is 101 Å². The number of halogens is 1. The fraction of sp³-hybridized carbons (Fsp3) is 0.214. The summed E-state index contributed by atoms with van der Waals surface area (Å²) in [4.78, 5) is 15.4. The second-order valence-corrected chi connectivity index (χ2v) is 9.34. The van der Waals surface area contributed by atoms with E-state index in [0.29, 0.717) is 23.2 Å². The molecule has 1 aromatic heterocycles. The molecule has 0 saturated carbocycles. The third-order valence-electron chi connectivity index (χ3n) is 5.87. The molecule has 0 unspecified atom stereocenters. The first kappa shape index (κ1) is 25.5. The molecule has 4 aromatic rings. The van der Waals surface area contributed by atoms with E-state index in [1.807, 2.05) is 60.7 Å². The Hall–Kier alpha value is -3.55. The molecule has 0 bridgehead atoms. The van der Waals surface area contributed by atoms with E-state index in [9.17, 15) is 4.79 Å². The number of nitrogens with one attached hydrogen (secondary N) is 5. The van der Waals surface area contributed by atoms with Gasteiger partial charge in [-0.3, -0.25) is 0 Å². The maximum absolute atomic E-state index is 12.1. The molecule has 0 aliphatic rings. The largest absolute Gasteiger partial charge is 0.362 e. The summed E-state index contributed by atoms with van der Waals surface area (Å²) >= 11 is 11.8. The van der Waals surface area contributed by atoms with Crippen LogP contribution in [0.15, 0.2) is 79.0 Å². The molecule has 0 radical (unpaired) electrons. The minimum absolute atomic E-state index is 0.177. The van der Waals surface area contributed by atoms with Gasteiger partial charge in [-0.15, -0.1) is 0 Å². The summed E-state index contributed by atoms with van der Waals surface area (Å²) < 4.78 is 0. The first-order valence-corrected chi connectivity index (χ1v) is 12.8. The van der Waals surface area contributed by atoms with Gasteiger partial charge >= 0.3 is 6.03 Å². The van der Waals surface area contributed by atoms with Crippen molar-refractivity contribution in [3.63, 3.8) is 0 Å². The number of amides is 2. The van der Waals surface area contributed by atoms with Gasteiger partial charge in [-0.25, -0.2) is 4.79 Å². The van der Waals surface area contributed by atoms with Crippen LogP contribution in [-0.4, -0.2) is 29.2 Å². The molecule has 0 aliphatic heterocycles. The van der Waals surface area contributed by atoms with Gasteiger partial charge in [-0.1, -0.05) is 60.1 Å². The highest BCUT2D eigenvalue weighted by Crippen LogP contribution is 2.22. The molecule has 0 spiro atoms. The standard InChI is InChI=1S/C28H30ClN5OS/c29-23-12-13-25(34-28(36)31-16-14-22-19-32-26-11-5-4-10-24(22)26)21(17-23)9-6-15-30-27(35)33-18-20-7-2-1-3-8-20/h1-5,7-8,10-13,17,19,32H,6,9,14-16,18H2,(H2,30,33,35)(H2,31,34,36). The molecule has 2 amide bonds. The van der Waals surface area contributed by atoms with Gasteiger partial charge in [-0.2, -0.15) is 0 Å². The van der Waals surface area contributed by atoms with Gasteiger partial charge in [0.05, 0.1) is 0 Å². The number of carbonyl (C=O) groups is 1. The number of aryl methyl sites for hydroxylation is 1. The van der Waals surface area contributed by atoms with Crippen molar-refractivity contribution < 1.29 is 4.79 Å². The predicted octanol–water partition coefficient (Wildman–Crippen LogP) is 5.78. The number of aromatic amines is 1. The van der Waals surface area contributed by atoms with Crippen molar-refractivity contribution in [1.82, 2.24) is 20.9 Å². The molecule has 3 aromatic carbocycles. The zero-order valence-electron chi connectivity index (χ0n) is 19.9. The molecular formula is C28H30ClN5OS. The van der Waals surface area contributed by atoms with E-state index in [0.717, 1.165) is 48.1 Å². The van der Waals surface area contributed by atoms with E-state index in [1.54, 1.807) is 0 Å². The molecule has 0 atom stereocenters. The molecule has 36 heavy (non-hydrogen) atoms. The fourth-order valence-corrected chi connectivity index (χ4v) is 4.43. The van der Waals surface area contributed by atoms with Gasteiger partial charge in [0.2, 0.25) is 0 Å². The first-order valence-electron chi connectivity index (χ1n) is 12.0. The minimum atomic E-state index is -0.177. The zero-order chi connectivity index (χ0) is 25.2. The molecule has 6 nitrogen and oxygen atoms in total. The number of hydrogen-bond acceptors (Lipinski definition) is 2. The number of urea groups is 1. The van der Waals surface area contributed by atoms with Crippen molar-refractivity contribution in [2.24, 2.45) is 0 Å². The number of hydrogen-bond donors (Lipinski definition) is 5. The lowest BCUT2D eigenvalue weighted by Gasteiger charge is -2.15. The number of thiocarbonyl (C=S) groups is 1. The van der Waals surface area contributed by atoms with Crippen LogP contribution in [0.1, 0.15) is 23.1 Å². The van der Waals surface area contributed by atoms with Crippen LogP contribution in [0.4, 0.5) is 10.5 Å². The van der Waals surface area contributed by atoms with Crippen LogP contribution in [-0.2, 0) is 19.4 Å². The molecular weight excluding hydrogens is 490 g/mol. The van der Waals surface area contributed by atoms with E-state index in [-0.39, 0.29) is 6.03 Å². The van der Waals surface area contributed by atoms with Crippen LogP contribution < -0.4 is 21.3 Å². The number of H-pyrrole nitrogens is 1. The Morgan fingerprint density at radius 2 is 1.67 bits per heavy atom. The molecule has 186 valence electrons. The molecule has 8 heteroatoms. The summed E-state index contributed by atoms with van der Waals surface area (Å²) in [5.41, 5.74) is 5.43. The lowest BCUT2D eigenvalue weighted by atomic mass is 10.1. The summed E-state index contributed by atoms with van der Waals surface area (Å²) in [6.07, 6.45) is 4.43. The quantitative estimate of drug-likeness (QED) is 0.136. The number of para-hydroxylation sites is 1. The zero-order valence-corrected chi connectivity index (χ0v) is 21.5. The van der Waals surface area contributed by atoms with Crippen molar-refractivity contribution in [2.45, 2.75) is 25.8 Å². The Bertz CT molecular complexity index is 1310. The maximum atomic E-state index is 12.1. The smallest absolute Gasteiger partial charge is 0.315 e. The second kappa shape index (κ2) is 13.0. The van der Waals surface area contributed by atoms with Crippen LogP contribution in [0.3, 0.4) is 0 Å². The summed E-state index contributed by atoms with van der Waals surface area (Å²) in [6, 6.07) is 23.6. The fourth-order valence-electron chi connectivity index (χ4n) is 4.03. The number of anilines is 1. The minimum Gasteiger partial charge on any atom is -0.362 e. The van der Waals surface area contributed by atoms with Crippen molar-refractivity contribution >= 4 is 51.6 Å². The highest BCUT2D eigenvalue weighted by molar-refractivity contribution is 7.80. The summed E-state index contributed by atoms with van der Waals surface area (Å²) in [5.74, 6) is 0. The van der Waals surface area contributed by atoms with Gasteiger partial charge in [-0.05, 0) is 72.4 Å². The second-order valence-electron chi connectivity index (χ2n) is 8.49. The summed E-state index contributed by atoms with van der Waals surface area (Å²) in [5, 5.41) is 14.8. The summed E-state index contributed by atoms with van der Waals surface area (Å²) in [7, 11) is 0. The number of rotatable bonds is 10. The van der Waals surface area contributed by atoms with E-state index in [2.05, 4.69) is 44.6 Å². The van der Waals surface area contributed by atoms with E-state index in [4.69, 9.17) is 23.8 Å². The van der Waals surface area contributed by atoms with Gasteiger partial charge in [0.15, 0.2) is 5.11 Å². The molecule has 0 aliphatic carbocycles. The van der Waals surface area contributed by atoms with Crippen molar-refractivity contribution in [3.8, 4) is 0 Å². The normalized spacial score (nSPS) is 10.7. The van der Waals surface area contributed by atoms with E-state index in [1.165, 1.54) is 10.9 Å². The van der Waals surface area contributed by atoms with Gasteiger partial charge < -0.3 is 26.3 Å². The van der Waals surface area contributed by atoms with Gasteiger partial charge in [0.1, 0.15) is 0 Å². The Balaban J connectivity index is 1.21. The number of aromatic nitrogens is 1. The molecule has 0 fully saturated rings. The molecule has 0 saturated heterocycles.